The second kappa shape index (κ2) is 11.2. The molecule has 0 saturated carbocycles. The van der Waals surface area contributed by atoms with Crippen molar-refractivity contribution in [1.82, 2.24) is 4.90 Å². The molecule has 4 heteroatoms. The van der Waals surface area contributed by atoms with Crippen LogP contribution in [0.5, 0.6) is 0 Å². The molecule has 1 unspecified atom stereocenters. The fourth-order valence-corrected chi connectivity index (χ4v) is 4.42. The van der Waals surface area contributed by atoms with Crippen LogP contribution in [0.3, 0.4) is 0 Å². The predicted octanol–water partition coefficient (Wildman–Crippen LogP) is 4.23. The summed E-state index contributed by atoms with van der Waals surface area (Å²) in [5.41, 5.74) is 3.30. The number of nitrogens with zero attached hydrogens (tertiary/aromatic N) is 1. The van der Waals surface area contributed by atoms with Gasteiger partial charge in [-0.3, -0.25) is 0 Å². The van der Waals surface area contributed by atoms with Crippen LogP contribution in [0.2, 0.25) is 0 Å². The Morgan fingerprint density at radius 1 is 1.04 bits per heavy atom. The van der Waals surface area contributed by atoms with E-state index < -0.39 is 9.28 Å². The lowest BCUT2D eigenvalue weighted by atomic mass is 10.00. The Hall–Kier alpha value is -1.72. The van der Waals surface area contributed by atoms with E-state index in [0.29, 0.717) is 6.61 Å². The highest BCUT2D eigenvalue weighted by Crippen LogP contribution is 2.20. The fraction of sp³-hybridized carbons (Fsp3) is 0.391. The van der Waals surface area contributed by atoms with E-state index in [1.807, 2.05) is 25.1 Å². The van der Waals surface area contributed by atoms with Crippen LogP contribution < -0.4 is 5.19 Å². The molecular weight excluding hydrogens is 350 g/mol. The molecular formula is C23H32NO2Si. The van der Waals surface area contributed by atoms with Crippen LogP contribution in [-0.4, -0.2) is 47.5 Å². The van der Waals surface area contributed by atoms with E-state index in [9.17, 15) is 0 Å². The Bertz CT molecular complexity index is 685. The molecule has 145 valence electrons. The van der Waals surface area contributed by atoms with Crippen molar-refractivity contribution in [2.24, 2.45) is 0 Å². The van der Waals surface area contributed by atoms with E-state index in [2.05, 4.69) is 68.9 Å². The molecule has 1 radical (unpaired) electrons. The third kappa shape index (κ3) is 7.07. The lowest BCUT2D eigenvalue weighted by Gasteiger charge is -2.21. The molecule has 0 spiro atoms. The summed E-state index contributed by atoms with van der Waals surface area (Å²) in [5, 5.41) is 1.14. The minimum absolute atomic E-state index is 0.198. The topological polar surface area (TPSA) is 21.7 Å². The maximum atomic E-state index is 6.28. The summed E-state index contributed by atoms with van der Waals surface area (Å²) in [7, 11) is 2.73. The van der Waals surface area contributed by atoms with Gasteiger partial charge < -0.3 is 13.8 Å². The molecule has 0 amide bonds. The molecule has 0 fully saturated rings. The minimum atomic E-state index is -1.47. The van der Waals surface area contributed by atoms with Gasteiger partial charge in [-0.1, -0.05) is 61.2 Å². The zero-order valence-electron chi connectivity index (χ0n) is 17.1. The van der Waals surface area contributed by atoms with Gasteiger partial charge in [0.05, 0.1) is 0 Å². The van der Waals surface area contributed by atoms with Crippen molar-refractivity contribution in [2.75, 3.05) is 27.2 Å². The highest BCUT2D eigenvalue weighted by molar-refractivity contribution is 6.61. The van der Waals surface area contributed by atoms with Crippen molar-refractivity contribution in [2.45, 2.75) is 32.8 Å². The molecule has 0 bridgehead atoms. The molecule has 3 nitrogen and oxygen atoms in total. The monoisotopic (exact) mass is 382 g/mol. The van der Waals surface area contributed by atoms with Crippen molar-refractivity contribution in [1.29, 1.82) is 0 Å². The van der Waals surface area contributed by atoms with Crippen molar-refractivity contribution in [3.8, 4) is 0 Å². The maximum absolute atomic E-state index is 6.28. The first-order valence-corrected chi connectivity index (χ1v) is 11.0. The first-order valence-electron chi connectivity index (χ1n) is 9.67. The third-order valence-electron chi connectivity index (χ3n) is 4.39. The molecule has 0 heterocycles. The predicted molar refractivity (Wildman–Crippen MR) is 116 cm³/mol. The lowest BCUT2D eigenvalue weighted by molar-refractivity contribution is 0.149. The van der Waals surface area contributed by atoms with Crippen LogP contribution in [0.25, 0.3) is 5.57 Å². The minimum Gasteiger partial charge on any atom is -0.390 e. The van der Waals surface area contributed by atoms with Crippen LogP contribution in [0.1, 0.15) is 37.8 Å². The molecule has 2 aromatic rings. The van der Waals surface area contributed by atoms with Gasteiger partial charge in [-0.05, 0) is 69.2 Å². The molecule has 0 aliphatic heterocycles. The molecule has 2 aromatic carbocycles. The zero-order valence-corrected chi connectivity index (χ0v) is 18.1. The maximum Gasteiger partial charge on any atom is 0.423 e. The Morgan fingerprint density at radius 2 is 1.67 bits per heavy atom. The van der Waals surface area contributed by atoms with Crippen LogP contribution in [0.15, 0.2) is 61.2 Å². The van der Waals surface area contributed by atoms with Crippen molar-refractivity contribution >= 4 is 20.0 Å². The molecule has 0 aliphatic rings. The first-order chi connectivity index (χ1) is 13.0. The highest BCUT2D eigenvalue weighted by atomic mass is 28.3. The van der Waals surface area contributed by atoms with Crippen molar-refractivity contribution in [3.05, 3.63) is 72.3 Å². The van der Waals surface area contributed by atoms with E-state index in [1.54, 1.807) is 0 Å². The molecule has 0 aromatic heterocycles. The summed E-state index contributed by atoms with van der Waals surface area (Å²) < 4.78 is 12.2. The number of benzene rings is 2. The van der Waals surface area contributed by atoms with Gasteiger partial charge in [0.25, 0.3) is 0 Å². The molecule has 0 saturated heterocycles. The van der Waals surface area contributed by atoms with Gasteiger partial charge in [-0.2, -0.15) is 0 Å². The number of hydrogen-bond donors (Lipinski definition) is 0. The van der Waals surface area contributed by atoms with Gasteiger partial charge in [-0.25, -0.2) is 0 Å². The van der Waals surface area contributed by atoms with Crippen LogP contribution in [-0.2, 0) is 8.85 Å². The standard InChI is InChI=1S/C23H32NO2Si/c1-6-25-27(26-19(2)11-10-18-24(4)5)23-16-14-22(15-17-23)20(3)21-12-8-7-9-13-21/h7-9,12-17,19H,3,6,10-11,18H2,1-2,4-5H3. The van der Waals surface area contributed by atoms with Crippen molar-refractivity contribution < 1.29 is 8.85 Å². The Morgan fingerprint density at radius 3 is 2.26 bits per heavy atom. The van der Waals surface area contributed by atoms with E-state index in [1.165, 1.54) is 0 Å². The molecule has 2 rings (SSSR count). The van der Waals surface area contributed by atoms with Gasteiger partial charge in [0.2, 0.25) is 0 Å². The van der Waals surface area contributed by atoms with Gasteiger partial charge in [0, 0.05) is 12.7 Å². The summed E-state index contributed by atoms with van der Waals surface area (Å²) in [6.45, 7) is 10.2. The summed E-state index contributed by atoms with van der Waals surface area (Å²) in [4.78, 5) is 2.21. The lowest BCUT2D eigenvalue weighted by Crippen LogP contribution is -2.39. The quantitative estimate of drug-likeness (QED) is 0.543. The normalized spacial score (nSPS) is 12.5. The van der Waals surface area contributed by atoms with E-state index >= 15 is 0 Å². The SMILES string of the molecule is C=C(c1ccccc1)c1ccc([Si](OCC)OC(C)CCCN(C)C)cc1. The third-order valence-corrected chi connectivity index (χ3v) is 6.36. The fourth-order valence-electron chi connectivity index (χ4n) is 2.87. The first kappa shape index (κ1) is 21.6. The van der Waals surface area contributed by atoms with Gasteiger partial charge in [0.1, 0.15) is 0 Å². The number of rotatable bonds is 11. The number of hydrogen-bond acceptors (Lipinski definition) is 3. The molecule has 27 heavy (non-hydrogen) atoms. The zero-order chi connectivity index (χ0) is 19.6. The van der Waals surface area contributed by atoms with Gasteiger partial charge in [0.15, 0.2) is 0 Å². The van der Waals surface area contributed by atoms with Crippen molar-refractivity contribution in [3.63, 3.8) is 0 Å². The Labute approximate surface area is 166 Å². The average molecular weight is 383 g/mol. The molecule has 0 N–H and O–H groups in total. The van der Waals surface area contributed by atoms with Crippen LogP contribution in [0, 0.1) is 0 Å². The average Bonchev–Trinajstić information content (AvgIpc) is 2.67. The second-order valence-electron chi connectivity index (χ2n) is 7.02. The van der Waals surface area contributed by atoms with E-state index in [4.69, 9.17) is 8.85 Å². The smallest absolute Gasteiger partial charge is 0.390 e. The largest absolute Gasteiger partial charge is 0.423 e. The summed E-state index contributed by atoms with van der Waals surface area (Å²) in [6, 6.07) is 18.8. The Balaban J connectivity index is 2.01. The molecule has 1 atom stereocenters. The van der Waals surface area contributed by atoms with Crippen LogP contribution >= 0.6 is 0 Å². The summed E-state index contributed by atoms with van der Waals surface area (Å²) in [6.07, 6.45) is 2.37. The van der Waals surface area contributed by atoms with E-state index in [0.717, 1.165) is 41.3 Å². The van der Waals surface area contributed by atoms with Crippen LogP contribution in [0.4, 0.5) is 0 Å². The summed E-state index contributed by atoms with van der Waals surface area (Å²) in [5.74, 6) is 0. The van der Waals surface area contributed by atoms with Gasteiger partial charge >= 0.3 is 9.28 Å². The molecule has 0 aliphatic carbocycles. The highest BCUT2D eigenvalue weighted by Gasteiger charge is 2.21. The van der Waals surface area contributed by atoms with Gasteiger partial charge in [-0.15, -0.1) is 0 Å². The second-order valence-corrected chi connectivity index (χ2v) is 8.69. The summed E-state index contributed by atoms with van der Waals surface area (Å²) >= 11 is 0. The van der Waals surface area contributed by atoms with E-state index in [-0.39, 0.29) is 6.10 Å². The Kier molecular flexibility index (Phi) is 8.95.